The smallest absolute Gasteiger partial charge is 0.233 e. The summed E-state index contributed by atoms with van der Waals surface area (Å²) in [5.41, 5.74) is 2.29. The summed E-state index contributed by atoms with van der Waals surface area (Å²) in [5.74, 6) is 0.0989. The molecule has 1 aromatic heterocycles. The van der Waals surface area contributed by atoms with Gasteiger partial charge in [0.25, 0.3) is 0 Å². The summed E-state index contributed by atoms with van der Waals surface area (Å²) in [6.45, 7) is 4.01. The first-order chi connectivity index (χ1) is 10.1. The minimum Gasteiger partial charge on any atom is -0.352 e. The highest BCUT2D eigenvalue weighted by atomic mass is 32.2. The number of nitrogens with one attached hydrogen (secondary N) is 1. The number of amides is 1. The van der Waals surface area contributed by atoms with Crippen molar-refractivity contribution < 1.29 is 4.79 Å². The zero-order chi connectivity index (χ0) is 14.8. The number of imidazole rings is 1. The summed E-state index contributed by atoms with van der Waals surface area (Å²) in [4.78, 5) is 16.5. The van der Waals surface area contributed by atoms with Crippen LogP contribution in [0.1, 0.15) is 25.3 Å². The van der Waals surface area contributed by atoms with Crippen molar-refractivity contribution in [2.24, 2.45) is 0 Å². The molecule has 0 saturated heterocycles. The van der Waals surface area contributed by atoms with Gasteiger partial charge in [-0.15, -0.1) is 0 Å². The highest BCUT2D eigenvalue weighted by Gasteiger charge is 2.26. The molecule has 1 N–H and O–H groups in total. The van der Waals surface area contributed by atoms with E-state index in [4.69, 9.17) is 0 Å². The molecule has 0 spiro atoms. The van der Waals surface area contributed by atoms with Gasteiger partial charge in [-0.25, -0.2) is 4.98 Å². The predicted octanol–water partition coefficient (Wildman–Crippen LogP) is 2.94. The van der Waals surface area contributed by atoms with Gasteiger partial charge in [0.2, 0.25) is 5.91 Å². The van der Waals surface area contributed by atoms with Crippen molar-refractivity contribution in [3.63, 3.8) is 0 Å². The summed E-state index contributed by atoms with van der Waals surface area (Å²) in [5, 5.41) is 3.75. The van der Waals surface area contributed by atoms with E-state index in [1.807, 2.05) is 29.8 Å². The Labute approximate surface area is 129 Å². The molecule has 0 unspecified atom stereocenters. The Morgan fingerprint density at radius 3 is 2.90 bits per heavy atom. The van der Waals surface area contributed by atoms with Crippen molar-refractivity contribution in [1.82, 2.24) is 14.9 Å². The van der Waals surface area contributed by atoms with Gasteiger partial charge in [0, 0.05) is 18.4 Å². The fraction of sp³-hybridized carbons (Fsp3) is 0.375. The van der Waals surface area contributed by atoms with Gasteiger partial charge in [0.05, 0.1) is 10.9 Å². The largest absolute Gasteiger partial charge is 0.352 e. The van der Waals surface area contributed by atoms with Crippen molar-refractivity contribution in [3.8, 4) is 5.69 Å². The van der Waals surface area contributed by atoms with E-state index in [9.17, 15) is 4.79 Å². The number of rotatable bonds is 5. The van der Waals surface area contributed by atoms with E-state index in [1.54, 1.807) is 6.20 Å². The minimum atomic E-state index is -0.143. The van der Waals surface area contributed by atoms with Crippen LogP contribution in [-0.4, -0.2) is 26.8 Å². The van der Waals surface area contributed by atoms with Gasteiger partial charge in [0.1, 0.15) is 0 Å². The second-order valence-corrected chi connectivity index (χ2v) is 6.72. The molecule has 1 heterocycles. The van der Waals surface area contributed by atoms with Gasteiger partial charge in [0.15, 0.2) is 5.16 Å². The lowest BCUT2D eigenvalue weighted by molar-refractivity contribution is -0.120. The van der Waals surface area contributed by atoms with E-state index in [2.05, 4.69) is 29.4 Å². The SMILES string of the molecule is Cc1ccccc1-n1ccnc1S[C@H](C)C(=O)NC1CC1. The number of carbonyl (C=O) groups excluding carboxylic acids is 1. The summed E-state index contributed by atoms with van der Waals surface area (Å²) in [6.07, 6.45) is 5.94. The number of aryl methyl sites for hydroxylation is 1. The molecule has 0 radical (unpaired) electrons. The zero-order valence-corrected chi connectivity index (χ0v) is 13.1. The highest BCUT2D eigenvalue weighted by Crippen LogP contribution is 2.27. The first kappa shape index (κ1) is 14.2. The predicted molar refractivity (Wildman–Crippen MR) is 84.8 cm³/mol. The third kappa shape index (κ3) is 3.29. The van der Waals surface area contributed by atoms with E-state index < -0.39 is 0 Å². The Hall–Kier alpha value is -1.75. The van der Waals surface area contributed by atoms with E-state index >= 15 is 0 Å². The van der Waals surface area contributed by atoms with Crippen LogP contribution in [0.25, 0.3) is 5.69 Å². The van der Waals surface area contributed by atoms with Gasteiger partial charge in [-0.1, -0.05) is 30.0 Å². The molecule has 1 amide bonds. The maximum absolute atomic E-state index is 12.1. The highest BCUT2D eigenvalue weighted by molar-refractivity contribution is 8.00. The monoisotopic (exact) mass is 301 g/mol. The summed E-state index contributed by atoms with van der Waals surface area (Å²) < 4.78 is 2.04. The fourth-order valence-electron chi connectivity index (χ4n) is 2.15. The Morgan fingerprint density at radius 1 is 1.43 bits per heavy atom. The van der Waals surface area contributed by atoms with Gasteiger partial charge in [-0.2, -0.15) is 0 Å². The fourth-order valence-corrected chi connectivity index (χ4v) is 3.04. The van der Waals surface area contributed by atoms with Crippen LogP contribution in [0.4, 0.5) is 0 Å². The number of thioether (sulfide) groups is 1. The van der Waals surface area contributed by atoms with E-state index in [0.717, 1.165) is 23.7 Å². The van der Waals surface area contributed by atoms with Crippen LogP contribution in [0.2, 0.25) is 0 Å². The quantitative estimate of drug-likeness (QED) is 0.864. The molecule has 1 atom stereocenters. The number of benzene rings is 1. The van der Waals surface area contributed by atoms with E-state index in [0.29, 0.717) is 6.04 Å². The van der Waals surface area contributed by atoms with Gasteiger partial charge in [-0.3, -0.25) is 9.36 Å². The van der Waals surface area contributed by atoms with Crippen molar-refractivity contribution in [3.05, 3.63) is 42.2 Å². The first-order valence-electron chi connectivity index (χ1n) is 7.21. The number of para-hydroxylation sites is 1. The number of hydrogen-bond acceptors (Lipinski definition) is 3. The van der Waals surface area contributed by atoms with Crippen LogP contribution in [0, 0.1) is 6.92 Å². The Morgan fingerprint density at radius 2 is 2.19 bits per heavy atom. The standard InChI is InChI=1S/C16H19N3OS/c1-11-5-3-4-6-14(11)19-10-9-17-16(19)21-12(2)15(20)18-13-7-8-13/h3-6,9-10,12-13H,7-8H2,1-2H3,(H,18,20)/t12-/m1/s1. The van der Waals surface area contributed by atoms with E-state index in [-0.39, 0.29) is 11.2 Å². The molecule has 1 aliphatic carbocycles. The maximum atomic E-state index is 12.1. The lowest BCUT2D eigenvalue weighted by atomic mass is 10.2. The first-order valence-corrected chi connectivity index (χ1v) is 8.09. The average molecular weight is 301 g/mol. The lowest BCUT2D eigenvalue weighted by Gasteiger charge is -2.14. The van der Waals surface area contributed by atoms with Crippen molar-refractivity contribution in [2.45, 2.75) is 43.1 Å². The van der Waals surface area contributed by atoms with Crippen LogP contribution in [0.3, 0.4) is 0 Å². The molecule has 5 heteroatoms. The molecule has 1 aliphatic rings. The molecule has 21 heavy (non-hydrogen) atoms. The zero-order valence-electron chi connectivity index (χ0n) is 12.2. The minimum absolute atomic E-state index is 0.0989. The molecule has 0 bridgehead atoms. The number of nitrogens with zero attached hydrogens (tertiary/aromatic N) is 2. The molecule has 1 saturated carbocycles. The van der Waals surface area contributed by atoms with Crippen LogP contribution in [-0.2, 0) is 4.79 Å². The van der Waals surface area contributed by atoms with Crippen molar-refractivity contribution in [1.29, 1.82) is 0 Å². The third-order valence-corrected chi connectivity index (χ3v) is 4.64. The molecule has 0 aliphatic heterocycles. The molecule has 1 aromatic carbocycles. The Balaban J connectivity index is 1.76. The third-order valence-electron chi connectivity index (χ3n) is 3.56. The number of aromatic nitrogens is 2. The molecular weight excluding hydrogens is 282 g/mol. The normalized spacial score (nSPS) is 15.7. The molecule has 2 aromatic rings. The molecule has 110 valence electrons. The van der Waals surface area contributed by atoms with Gasteiger partial charge < -0.3 is 5.32 Å². The van der Waals surface area contributed by atoms with Crippen LogP contribution in [0.5, 0.6) is 0 Å². The van der Waals surface area contributed by atoms with E-state index in [1.165, 1.54) is 17.3 Å². The van der Waals surface area contributed by atoms with Crippen molar-refractivity contribution >= 4 is 17.7 Å². The maximum Gasteiger partial charge on any atom is 0.233 e. The average Bonchev–Trinajstić information content (AvgIpc) is 3.17. The molecule has 3 rings (SSSR count). The molecular formula is C16H19N3OS. The lowest BCUT2D eigenvalue weighted by Crippen LogP contribution is -2.32. The Bertz CT molecular complexity index is 648. The topological polar surface area (TPSA) is 46.9 Å². The molecule has 4 nitrogen and oxygen atoms in total. The van der Waals surface area contributed by atoms with Crippen LogP contribution < -0.4 is 5.32 Å². The summed E-state index contributed by atoms with van der Waals surface area (Å²) in [6, 6.07) is 8.58. The second-order valence-electron chi connectivity index (χ2n) is 5.41. The van der Waals surface area contributed by atoms with Crippen molar-refractivity contribution in [2.75, 3.05) is 0 Å². The molecule has 1 fully saturated rings. The second kappa shape index (κ2) is 5.93. The number of hydrogen-bond donors (Lipinski definition) is 1. The number of carbonyl (C=O) groups is 1. The van der Waals surface area contributed by atoms with Gasteiger partial charge in [-0.05, 0) is 38.3 Å². The summed E-state index contributed by atoms with van der Waals surface area (Å²) in [7, 11) is 0. The van der Waals surface area contributed by atoms with Gasteiger partial charge >= 0.3 is 0 Å². The van der Waals surface area contributed by atoms with Crippen LogP contribution >= 0.6 is 11.8 Å². The summed E-state index contributed by atoms with van der Waals surface area (Å²) >= 11 is 1.50. The van der Waals surface area contributed by atoms with Crippen LogP contribution in [0.15, 0.2) is 41.8 Å². The Kier molecular flexibility index (Phi) is 4.01.